The quantitative estimate of drug-likeness (QED) is 0.0685. The van der Waals surface area contributed by atoms with Crippen molar-refractivity contribution in [1.82, 2.24) is 16.0 Å². The number of nitrogens with zero attached hydrogens (tertiary/aromatic N) is 1. The Morgan fingerprint density at radius 3 is 1.60 bits per heavy atom. The lowest BCUT2D eigenvalue weighted by Crippen LogP contribution is -2.47. The fourth-order valence-electron chi connectivity index (χ4n) is 3.72. The largest absolute Gasteiger partial charge is 0.444 e. The minimum Gasteiger partial charge on any atom is -0.444 e. The highest BCUT2D eigenvalue weighted by Crippen LogP contribution is 2.10. The van der Waals surface area contributed by atoms with Crippen molar-refractivity contribution in [3.8, 4) is 0 Å². The Labute approximate surface area is 243 Å². The molecule has 0 aromatic carbocycles. The van der Waals surface area contributed by atoms with Crippen LogP contribution in [0.2, 0.25) is 0 Å². The first-order valence-corrected chi connectivity index (χ1v) is 15.3. The molecule has 0 rings (SSSR count). The summed E-state index contributed by atoms with van der Waals surface area (Å²) in [5.74, 6) is -0.135. The summed E-state index contributed by atoms with van der Waals surface area (Å²) < 4.78 is 10.4. The van der Waals surface area contributed by atoms with Crippen LogP contribution in [0.5, 0.6) is 0 Å². The molecule has 0 aromatic heterocycles. The average molecular weight is 567 g/mol. The highest BCUT2D eigenvalue weighted by atomic mass is 16.6. The molecule has 3 N–H and O–H groups in total. The lowest BCUT2D eigenvalue weighted by molar-refractivity contribution is -0.121. The molecule has 0 aliphatic carbocycles. The lowest BCUT2D eigenvalue weighted by atomic mass is 10.1. The first-order valence-electron chi connectivity index (χ1n) is 15.3. The molecule has 0 atom stereocenters. The Hall–Kier alpha value is -2.58. The summed E-state index contributed by atoms with van der Waals surface area (Å²) in [5.41, 5.74) is -1.42. The monoisotopic (exact) mass is 566 g/mol. The van der Waals surface area contributed by atoms with Crippen molar-refractivity contribution in [2.45, 2.75) is 150 Å². The Kier molecular flexibility index (Phi) is 20.7. The number of allylic oxidation sites excluding steroid dienone is 2. The smallest absolute Gasteiger partial charge is 0.414 e. The van der Waals surface area contributed by atoms with Crippen LogP contribution in [-0.4, -0.2) is 48.3 Å². The van der Waals surface area contributed by atoms with E-state index < -0.39 is 23.4 Å². The van der Waals surface area contributed by atoms with Crippen LogP contribution in [0.4, 0.5) is 9.59 Å². The van der Waals surface area contributed by atoms with Crippen LogP contribution < -0.4 is 16.0 Å². The van der Waals surface area contributed by atoms with Gasteiger partial charge in [-0.25, -0.2) is 9.59 Å². The minimum absolute atomic E-state index is 0.0328. The van der Waals surface area contributed by atoms with E-state index in [1.165, 1.54) is 57.8 Å². The van der Waals surface area contributed by atoms with E-state index in [9.17, 15) is 14.4 Å². The Balaban J connectivity index is 4.12. The zero-order valence-corrected chi connectivity index (χ0v) is 26.5. The Morgan fingerprint density at radius 1 is 0.675 bits per heavy atom. The summed E-state index contributed by atoms with van der Waals surface area (Å²) in [6.45, 7) is 13.1. The predicted molar refractivity (Wildman–Crippen MR) is 164 cm³/mol. The van der Waals surface area contributed by atoms with Crippen LogP contribution in [0.1, 0.15) is 138 Å². The van der Waals surface area contributed by atoms with Gasteiger partial charge in [-0.05, 0) is 73.6 Å². The van der Waals surface area contributed by atoms with E-state index in [0.717, 1.165) is 25.7 Å². The molecule has 0 saturated carbocycles. The number of carbonyl (C=O) groups excluding carboxylic acids is 3. The number of guanidine groups is 1. The first-order chi connectivity index (χ1) is 18.8. The number of aliphatic imine (C=N–C) groups is 1. The van der Waals surface area contributed by atoms with E-state index in [1.54, 1.807) is 41.5 Å². The average Bonchev–Trinajstić information content (AvgIpc) is 2.81. The van der Waals surface area contributed by atoms with Crippen LogP contribution in [0.15, 0.2) is 17.1 Å². The van der Waals surface area contributed by atoms with E-state index in [4.69, 9.17) is 9.47 Å². The number of hydrogen-bond donors (Lipinski definition) is 3. The van der Waals surface area contributed by atoms with Crippen molar-refractivity contribution < 1.29 is 23.9 Å². The SMILES string of the molecule is CCCCCCCC/C=C\CCCCCCCC(=O)NCCN=C(NC(=O)OC(C)(C)C)NC(=O)OC(C)(C)C. The predicted octanol–water partition coefficient (Wildman–Crippen LogP) is 7.55. The first kappa shape index (κ1) is 37.4. The number of rotatable bonds is 18. The van der Waals surface area contributed by atoms with Crippen LogP contribution in [0, 0.1) is 0 Å². The molecule has 0 bridgehead atoms. The van der Waals surface area contributed by atoms with Gasteiger partial charge in [0.2, 0.25) is 11.9 Å². The molecular formula is C31H58N4O5. The van der Waals surface area contributed by atoms with E-state index in [0.29, 0.717) is 6.42 Å². The third-order valence-electron chi connectivity index (χ3n) is 5.61. The molecule has 0 unspecified atom stereocenters. The molecule has 3 amide bonds. The molecule has 0 radical (unpaired) electrons. The molecule has 0 aliphatic rings. The molecule has 0 fully saturated rings. The van der Waals surface area contributed by atoms with E-state index in [2.05, 4.69) is 40.0 Å². The van der Waals surface area contributed by atoms with Crippen molar-refractivity contribution in [2.24, 2.45) is 4.99 Å². The van der Waals surface area contributed by atoms with Crippen molar-refractivity contribution >= 4 is 24.1 Å². The van der Waals surface area contributed by atoms with Crippen LogP contribution >= 0.6 is 0 Å². The number of hydrogen-bond acceptors (Lipinski definition) is 6. The number of carbonyl (C=O) groups is 3. The summed E-state index contributed by atoms with van der Waals surface area (Å²) in [5, 5.41) is 7.67. The molecular weight excluding hydrogens is 508 g/mol. The topological polar surface area (TPSA) is 118 Å². The van der Waals surface area contributed by atoms with Crippen LogP contribution in [0.25, 0.3) is 0 Å². The molecule has 9 heteroatoms. The van der Waals surface area contributed by atoms with Crippen molar-refractivity contribution in [1.29, 1.82) is 0 Å². The number of alkyl carbamates (subject to hydrolysis) is 2. The van der Waals surface area contributed by atoms with Crippen LogP contribution in [0.3, 0.4) is 0 Å². The second-order valence-electron chi connectivity index (χ2n) is 12.2. The molecule has 0 saturated heterocycles. The van der Waals surface area contributed by atoms with Gasteiger partial charge in [-0.15, -0.1) is 0 Å². The molecule has 0 heterocycles. The second kappa shape index (κ2) is 22.1. The fraction of sp³-hybridized carbons (Fsp3) is 0.806. The number of unbranched alkanes of at least 4 members (excludes halogenated alkanes) is 11. The Bertz CT molecular complexity index is 735. The molecule has 0 aliphatic heterocycles. The van der Waals surface area contributed by atoms with Crippen molar-refractivity contribution in [3.05, 3.63) is 12.2 Å². The van der Waals surface area contributed by atoms with Crippen molar-refractivity contribution in [2.75, 3.05) is 13.1 Å². The maximum absolute atomic E-state index is 12.1. The van der Waals surface area contributed by atoms with Gasteiger partial charge in [0.15, 0.2) is 0 Å². The third kappa shape index (κ3) is 27.0. The molecule has 40 heavy (non-hydrogen) atoms. The van der Waals surface area contributed by atoms with Gasteiger partial charge in [-0.1, -0.05) is 70.4 Å². The molecule has 0 aromatic rings. The van der Waals surface area contributed by atoms with Gasteiger partial charge in [0.05, 0.1) is 6.54 Å². The number of nitrogens with one attached hydrogen (secondary N) is 3. The zero-order valence-electron chi connectivity index (χ0n) is 26.5. The van der Waals surface area contributed by atoms with E-state index in [-0.39, 0.29) is 25.0 Å². The standard InChI is InChI=1S/C31H58N4O5/c1-8-9-10-11-12-13-14-15-16-17-18-19-20-21-22-23-26(36)32-24-25-33-27(34-28(37)39-30(2,3)4)35-29(38)40-31(5,6)7/h15-16H,8-14,17-25H2,1-7H3,(H,32,36)(H2,33,34,35,37,38)/b16-15-. The van der Waals surface area contributed by atoms with Crippen LogP contribution in [-0.2, 0) is 14.3 Å². The van der Waals surface area contributed by atoms with E-state index in [1.807, 2.05) is 0 Å². The van der Waals surface area contributed by atoms with Gasteiger partial charge in [0.25, 0.3) is 0 Å². The maximum atomic E-state index is 12.1. The van der Waals surface area contributed by atoms with Gasteiger partial charge in [0.1, 0.15) is 11.2 Å². The Morgan fingerprint density at radius 2 is 1.12 bits per heavy atom. The van der Waals surface area contributed by atoms with Gasteiger partial charge in [-0.3, -0.25) is 20.4 Å². The molecule has 0 spiro atoms. The zero-order chi connectivity index (χ0) is 30.3. The lowest BCUT2D eigenvalue weighted by Gasteiger charge is -2.22. The van der Waals surface area contributed by atoms with Gasteiger partial charge in [0, 0.05) is 13.0 Å². The normalized spacial score (nSPS) is 11.7. The third-order valence-corrected chi connectivity index (χ3v) is 5.61. The second-order valence-corrected chi connectivity index (χ2v) is 12.2. The highest BCUT2D eigenvalue weighted by molar-refractivity contribution is 6.01. The summed E-state index contributed by atoms with van der Waals surface area (Å²) in [6.07, 6.45) is 19.5. The van der Waals surface area contributed by atoms with Gasteiger partial charge < -0.3 is 14.8 Å². The highest BCUT2D eigenvalue weighted by Gasteiger charge is 2.21. The summed E-state index contributed by atoms with van der Waals surface area (Å²) in [4.78, 5) is 40.6. The van der Waals surface area contributed by atoms with Gasteiger partial charge >= 0.3 is 12.2 Å². The maximum Gasteiger partial charge on any atom is 0.414 e. The minimum atomic E-state index is -0.754. The number of ether oxygens (including phenoxy) is 2. The van der Waals surface area contributed by atoms with Gasteiger partial charge in [-0.2, -0.15) is 0 Å². The number of amides is 3. The summed E-state index contributed by atoms with van der Waals surface area (Å²) >= 11 is 0. The summed E-state index contributed by atoms with van der Waals surface area (Å²) in [6, 6.07) is 0. The fourth-order valence-corrected chi connectivity index (χ4v) is 3.72. The summed E-state index contributed by atoms with van der Waals surface area (Å²) in [7, 11) is 0. The van der Waals surface area contributed by atoms with E-state index >= 15 is 0 Å². The molecule has 232 valence electrons. The van der Waals surface area contributed by atoms with Crippen molar-refractivity contribution in [3.63, 3.8) is 0 Å². The molecule has 9 nitrogen and oxygen atoms in total.